The van der Waals surface area contributed by atoms with Crippen LogP contribution in [-0.2, 0) is 17.6 Å². The molecule has 3 aromatic rings. The third kappa shape index (κ3) is 3.74. The number of carbonyl (C=O) groups is 1. The number of nitrogens with two attached hydrogens (primary N) is 2. The number of aryl methyl sites for hydroxylation is 2. The lowest BCUT2D eigenvalue weighted by Crippen LogP contribution is -2.50. The van der Waals surface area contributed by atoms with Crippen LogP contribution in [0.15, 0.2) is 18.2 Å². The third-order valence-corrected chi connectivity index (χ3v) is 9.32. The van der Waals surface area contributed by atoms with Crippen molar-refractivity contribution in [1.82, 2.24) is 15.3 Å². The Balaban J connectivity index is 1.15. The SMILES string of the molecule is Cc1nc2sc(C(=O)NC3CCc4nc(N5CC(N)C6(C5)OCCC6C)ccc4C3)c(N)c2cc1F. The maximum Gasteiger partial charge on any atom is 0.263 e. The van der Waals surface area contributed by atoms with E-state index in [9.17, 15) is 9.18 Å². The van der Waals surface area contributed by atoms with Crippen LogP contribution in [0, 0.1) is 18.7 Å². The standard InChI is InChI=1S/C26H31FN6O2S/c1-13-7-8-35-26(13)12-33(11-20(26)28)21-6-3-15-9-16(4-5-19(15)32-21)31-24(34)23-22(29)17-10-18(27)14(2)30-25(17)36-23/h3,6,10,13,16,20H,4-5,7-9,11-12,28-29H2,1-2H3,(H,31,34). The zero-order chi connectivity index (χ0) is 25.2. The zero-order valence-electron chi connectivity index (χ0n) is 20.5. The Morgan fingerprint density at radius 1 is 1.33 bits per heavy atom. The number of pyridine rings is 2. The number of nitrogens with one attached hydrogen (secondary N) is 1. The average Bonchev–Trinajstić information content (AvgIpc) is 3.50. The van der Waals surface area contributed by atoms with E-state index in [1.807, 2.05) is 0 Å². The number of fused-ring (bicyclic) bond motifs is 2. The molecular formula is C26H31FN6O2S. The van der Waals surface area contributed by atoms with Gasteiger partial charge in [0.25, 0.3) is 5.91 Å². The molecule has 0 radical (unpaired) electrons. The molecule has 1 spiro atoms. The second-order valence-electron chi connectivity index (χ2n) is 10.4. The van der Waals surface area contributed by atoms with Gasteiger partial charge in [-0.1, -0.05) is 13.0 Å². The number of hydrogen-bond acceptors (Lipinski definition) is 8. The van der Waals surface area contributed by atoms with Crippen molar-refractivity contribution in [3.05, 3.63) is 45.8 Å². The van der Waals surface area contributed by atoms with Crippen LogP contribution in [-0.4, -0.2) is 53.3 Å². The Hall–Kier alpha value is -2.82. The molecule has 190 valence electrons. The molecule has 36 heavy (non-hydrogen) atoms. The molecule has 6 rings (SSSR count). The van der Waals surface area contributed by atoms with Gasteiger partial charge in [-0.25, -0.2) is 14.4 Å². The Morgan fingerprint density at radius 2 is 2.17 bits per heavy atom. The molecule has 0 saturated carbocycles. The van der Waals surface area contributed by atoms with Crippen LogP contribution in [0.5, 0.6) is 0 Å². The van der Waals surface area contributed by atoms with E-state index in [1.165, 1.54) is 17.4 Å². The molecule has 2 fully saturated rings. The number of hydrogen-bond donors (Lipinski definition) is 3. The summed E-state index contributed by atoms with van der Waals surface area (Å²) < 4.78 is 20.1. The highest BCUT2D eigenvalue weighted by molar-refractivity contribution is 7.21. The van der Waals surface area contributed by atoms with Crippen molar-refractivity contribution in [2.75, 3.05) is 30.3 Å². The minimum atomic E-state index is -0.425. The van der Waals surface area contributed by atoms with Crippen molar-refractivity contribution in [3.63, 3.8) is 0 Å². The number of halogens is 1. The fourth-order valence-corrected chi connectivity index (χ4v) is 6.98. The normalized spacial score (nSPS) is 27.7. The van der Waals surface area contributed by atoms with Crippen LogP contribution in [0.1, 0.15) is 46.4 Å². The maximum atomic E-state index is 14.0. The second-order valence-corrected chi connectivity index (χ2v) is 11.4. The molecule has 10 heteroatoms. The van der Waals surface area contributed by atoms with E-state index in [0.29, 0.717) is 33.1 Å². The van der Waals surface area contributed by atoms with Crippen molar-refractivity contribution in [3.8, 4) is 0 Å². The summed E-state index contributed by atoms with van der Waals surface area (Å²) in [4.78, 5) is 25.5. The number of nitrogens with zero attached hydrogens (tertiary/aromatic N) is 3. The van der Waals surface area contributed by atoms with Gasteiger partial charge in [-0.3, -0.25) is 4.79 Å². The average molecular weight is 511 g/mol. The van der Waals surface area contributed by atoms with E-state index in [-0.39, 0.29) is 29.3 Å². The number of anilines is 2. The van der Waals surface area contributed by atoms with Crippen molar-refractivity contribution < 1.29 is 13.9 Å². The number of carbonyl (C=O) groups excluding carboxylic acids is 1. The molecule has 1 aliphatic carbocycles. The third-order valence-electron chi connectivity index (χ3n) is 8.20. The largest absolute Gasteiger partial charge is 0.397 e. The van der Waals surface area contributed by atoms with Gasteiger partial charge in [0.1, 0.15) is 26.9 Å². The Bertz CT molecular complexity index is 1360. The zero-order valence-corrected chi connectivity index (χ0v) is 21.3. The summed E-state index contributed by atoms with van der Waals surface area (Å²) in [6.07, 6.45) is 3.32. The first-order valence-corrected chi connectivity index (χ1v) is 13.4. The van der Waals surface area contributed by atoms with Gasteiger partial charge in [-0.15, -0.1) is 11.3 Å². The van der Waals surface area contributed by atoms with E-state index < -0.39 is 5.82 Å². The summed E-state index contributed by atoms with van der Waals surface area (Å²) in [5.74, 6) is 0.715. The van der Waals surface area contributed by atoms with Crippen LogP contribution in [0.3, 0.4) is 0 Å². The number of amides is 1. The van der Waals surface area contributed by atoms with Gasteiger partial charge in [0.05, 0.1) is 24.0 Å². The minimum absolute atomic E-state index is 0.0232. The molecule has 4 unspecified atom stereocenters. The summed E-state index contributed by atoms with van der Waals surface area (Å²) in [6, 6.07) is 5.49. The molecule has 0 bridgehead atoms. The van der Waals surface area contributed by atoms with Gasteiger partial charge in [0.15, 0.2) is 0 Å². The van der Waals surface area contributed by atoms with Crippen LogP contribution in [0.25, 0.3) is 10.2 Å². The highest BCUT2D eigenvalue weighted by Crippen LogP contribution is 2.40. The highest BCUT2D eigenvalue weighted by Gasteiger charge is 2.52. The first kappa shape index (κ1) is 23.6. The van der Waals surface area contributed by atoms with E-state index >= 15 is 0 Å². The van der Waals surface area contributed by atoms with Crippen LogP contribution in [0.4, 0.5) is 15.9 Å². The van der Waals surface area contributed by atoms with E-state index in [4.69, 9.17) is 21.2 Å². The lowest BCUT2D eigenvalue weighted by molar-refractivity contribution is -0.0109. The minimum Gasteiger partial charge on any atom is -0.397 e. The quantitative estimate of drug-likeness (QED) is 0.496. The fraction of sp³-hybridized carbons (Fsp3) is 0.500. The van der Waals surface area contributed by atoms with E-state index in [2.05, 4.69) is 34.3 Å². The van der Waals surface area contributed by atoms with Gasteiger partial charge < -0.3 is 26.4 Å². The predicted octanol–water partition coefficient (Wildman–Crippen LogP) is 2.95. The molecular weight excluding hydrogens is 479 g/mol. The summed E-state index contributed by atoms with van der Waals surface area (Å²) in [5.41, 5.74) is 15.2. The molecule has 3 aliphatic rings. The number of rotatable bonds is 3. The van der Waals surface area contributed by atoms with Crippen LogP contribution < -0.4 is 21.7 Å². The Labute approximate surface area is 213 Å². The summed E-state index contributed by atoms with van der Waals surface area (Å²) in [5, 5.41) is 3.60. The monoisotopic (exact) mass is 510 g/mol. The fourth-order valence-electron chi connectivity index (χ4n) is 5.95. The number of nitrogen functional groups attached to an aromatic ring is 1. The Morgan fingerprint density at radius 3 is 2.94 bits per heavy atom. The first-order chi connectivity index (χ1) is 17.2. The Kier molecular flexibility index (Phi) is 5.66. The molecule has 4 atom stereocenters. The van der Waals surface area contributed by atoms with Gasteiger partial charge >= 0.3 is 0 Å². The van der Waals surface area contributed by atoms with Crippen molar-refractivity contribution in [2.45, 2.75) is 57.2 Å². The number of thiophene rings is 1. The smallest absolute Gasteiger partial charge is 0.263 e. The lowest BCUT2D eigenvalue weighted by atomic mass is 9.85. The van der Waals surface area contributed by atoms with E-state index in [1.54, 1.807) is 6.92 Å². The van der Waals surface area contributed by atoms with E-state index in [0.717, 1.165) is 56.0 Å². The molecule has 3 aromatic heterocycles. The van der Waals surface area contributed by atoms with Gasteiger partial charge in [0.2, 0.25) is 0 Å². The molecule has 2 saturated heterocycles. The van der Waals surface area contributed by atoms with Crippen LogP contribution in [0.2, 0.25) is 0 Å². The number of ether oxygens (including phenoxy) is 1. The van der Waals surface area contributed by atoms with Gasteiger partial charge in [-0.2, -0.15) is 0 Å². The van der Waals surface area contributed by atoms with Gasteiger partial charge in [-0.05, 0) is 56.2 Å². The van der Waals surface area contributed by atoms with Crippen LogP contribution >= 0.6 is 11.3 Å². The van der Waals surface area contributed by atoms with Crippen molar-refractivity contribution in [1.29, 1.82) is 0 Å². The predicted molar refractivity (Wildman–Crippen MR) is 139 cm³/mol. The first-order valence-electron chi connectivity index (χ1n) is 12.5. The summed E-state index contributed by atoms with van der Waals surface area (Å²) in [6.45, 7) is 6.11. The summed E-state index contributed by atoms with van der Waals surface area (Å²) in [7, 11) is 0. The second kappa shape index (κ2) is 8.64. The molecule has 8 nitrogen and oxygen atoms in total. The van der Waals surface area contributed by atoms with Crippen molar-refractivity contribution >= 4 is 39.0 Å². The maximum absolute atomic E-state index is 14.0. The molecule has 2 aliphatic heterocycles. The van der Waals surface area contributed by atoms with Gasteiger partial charge in [0, 0.05) is 30.3 Å². The molecule has 5 heterocycles. The molecule has 1 amide bonds. The highest BCUT2D eigenvalue weighted by atomic mass is 32.1. The van der Waals surface area contributed by atoms with Crippen molar-refractivity contribution in [2.24, 2.45) is 11.7 Å². The summed E-state index contributed by atoms with van der Waals surface area (Å²) >= 11 is 1.20. The topological polar surface area (TPSA) is 119 Å². The number of aromatic nitrogens is 2. The molecule has 5 N–H and O–H groups in total. The lowest BCUT2D eigenvalue weighted by Gasteiger charge is -2.31. The molecule has 0 aromatic carbocycles.